The van der Waals surface area contributed by atoms with Crippen LogP contribution in [0.15, 0.2) is 18.2 Å². The molecule has 1 aromatic carbocycles. The standard InChI is InChI=1S/C12H14Cl2O/c1-8-3-4-11(5-9(8)2)15-7-10-6-12(10,13)14/h3-5,10H,6-7H2,1-2H3. The lowest BCUT2D eigenvalue weighted by molar-refractivity contribution is 0.298. The third-order valence-corrected chi connectivity index (χ3v) is 3.81. The molecule has 0 spiro atoms. The predicted molar refractivity (Wildman–Crippen MR) is 64.0 cm³/mol. The highest BCUT2D eigenvalue weighted by molar-refractivity contribution is 6.50. The van der Waals surface area contributed by atoms with E-state index in [0.717, 1.165) is 12.2 Å². The van der Waals surface area contributed by atoms with Crippen molar-refractivity contribution in [2.75, 3.05) is 6.61 Å². The second kappa shape index (κ2) is 3.88. The fourth-order valence-corrected chi connectivity index (χ4v) is 1.95. The zero-order valence-electron chi connectivity index (χ0n) is 8.89. The predicted octanol–water partition coefficient (Wildman–Crippen LogP) is 3.88. The molecule has 0 radical (unpaired) electrons. The summed E-state index contributed by atoms with van der Waals surface area (Å²) in [5.41, 5.74) is 2.52. The number of alkyl halides is 2. The fraction of sp³-hybridized carbons (Fsp3) is 0.500. The third-order valence-electron chi connectivity index (χ3n) is 2.89. The Labute approximate surface area is 100 Å². The van der Waals surface area contributed by atoms with Crippen molar-refractivity contribution in [2.24, 2.45) is 5.92 Å². The minimum atomic E-state index is -0.542. The Kier molecular flexibility index (Phi) is 2.87. The van der Waals surface area contributed by atoms with Gasteiger partial charge in [0.05, 0.1) is 6.61 Å². The first-order valence-electron chi connectivity index (χ1n) is 5.07. The summed E-state index contributed by atoms with van der Waals surface area (Å²) in [5, 5.41) is 0. The van der Waals surface area contributed by atoms with E-state index in [1.165, 1.54) is 11.1 Å². The number of ether oxygens (including phenoxy) is 1. The van der Waals surface area contributed by atoms with Gasteiger partial charge in [0.15, 0.2) is 0 Å². The number of benzene rings is 1. The maximum Gasteiger partial charge on any atom is 0.125 e. The van der Waals surface area contributed by atoms with Gasteiger partial charge in [0.2, 0.25) is 0 Å². The lowest BCUT2D eigenvalue weighted by Crippen LogP contribution is -2.04. The molecule has 1 aliphatic rings. The summed E-state index contributed by atoms with van der Waals surface area (Å²) in [7, 11) is 0. The van der Waals surface area contributed by atoms with Crippen molar-refractivity contribution in [2.45, 2.75) is 24.6 Å². The van der Waals surface area contributed by atoms with Gasteiger partial charge < -0.3 is 4.74 Å². The van der Waals surface area contributed by atoms with Crippen LogP contribution in [0.2, 0.25) is 0 Å². The van der Waals surface area contributed by atoms with Crippen molar-refractivity contribution in [3.63, 3.8) is 0 Å². The SMILES string of the molecule is Cc1ccc(OCC2CC2(Cl)Cl)cc1C. The number of hydrogen-bond acceptors (Lipinski definition) is 1. The Hall–Kier alpha value is -0.400. The van der Waals surface area contributed by atoms with Crippen LogP contribution in [0.5, 0.6) is 5.75 Å². The first kappa shape index (κ1) is 11.1. The molecule has 1 aromatic rings. The Morgan fingerprint density at radius 2 is 2.00 bits per heavy atom. The molecule has 1 saturated carbocycles. The molecule has 0 saturated heterocycles. The van der Waals surface area contributed by atoms with Crippen molar-refractivity contribution in [3.8, 4) is 5.75 Å². The average Bonchev–Trinajstić information content (AvgIpc) is 2.77. The molecule has 0 aliphatic heterocycles. The number of aryl methyl sites for hydroxylation is 2. The van der Waals surface area contributed by atoms with E-state index in [9.17, 15) is 0 Å². The molecular formula is C12H14Cl2O. The maximum absolute atomic E-state index is 5.92. The van der Waals surface area contributed by atoms with Crippen LogP contribution in [0.3, 0.4) is 0 Å². The van der Waals surface area contributed by atoms with Crippen LogP contribution in [-0.4, -0.2) is 10.9 Å². The summed E-state index contributed by atoms with van der Waals surface area (Å²) in [6.07, 6.45) is 0.834. The van der Waals surface area contributed by atoms with E-state index in [0.29, 0.717) is 6.61 Å². The molecule has 15 heavy (non-hydrogen) atoms. The monoisotopic (exact) mass is 244 g/mol. The maximum atomic E-state index is 5.92. The first-order chi connectivity index (χ1) is 6.99. The van der Waals surface area contributed by atoms with Crippen molar-refractivity contribution in [3.05, 3.63) is 29.3 Å². The second-order valence-electron chi connectivity index (χ2n) is 4.22. The zero-order valence-corrected chi connectivity index (χ0v) is 10.4. The molecule has 1 fully saturated rings. The summed E-state index contributed by atoms with van der Waals surface area (Å²) in [6.45, 7) is 4.77. The highest BCUT2D eigenvalue weighted by Crippen LogP contribution is 2.53. The summed E-state index contributed by atoms with van der Waals surface area (Å²) in [5.74, 6) is 1.18. The highest BCUT2D eigenvalue weighted by atomic mass is 35.5. The Balaban J connectivity index is 1.92. The minimum Gasteiger partial charge on any atom is -0.493 e. The van der Waals surface area contributed by atoms with Crippen LogP contribution in [0, 0.1) is 19.8 Å². The number of hydrogen-bond donors (Lipinski definition) is 0. The fourth-order valence-electron chi connectivity index (χ4n) is 1.45. The quantitative estimate of drug-likeness (QED) is 0.734. The summed E-state index contributed by atoms with van der Waals surface area (Å²) < 4.78 is 5.09. The van der Waals surface area contributed by atoms with E-state index in [1.807, 2.05) is 12.1 Å². The van der Waals surface area contributed by atoms with Gasteiger partial charge in [0.1, 0.15) is 10.1 Å². The van der Waals surface area contributed by atoms with Crippen LogP contribution >= 0.6 is 23.2 Å². The molecule has 0 heterocycles. The van der Waals surface area contributed by atoms with Crippen LogP contribution in [0.25, 0.3) is 0 Å². The van der Waals surface area contributed by atoms with E-state index in [2.05, 4.69) is 19.9 Å². The molecule has 1 unspecified atom stereocenters. The smallest absolute Gasteiger partial charge is 0.125 e. The molecule has 3 heteroatoms. The second-order valence-corrected chi connectivity index (χ2v) is 5.76. The van der Waals surface area contributed by atoms with Gasteiger partial charge in [-0.15, -0.1) is 23.2 Å². The van der Waals surface area contributed by atoms with Crippen LogP contribution in [0.4, 0.5) is 0 Å². The van der Waals surface area contributed by atoms with Crippen molar-refractivity contribution in [1.29, 1.82) is 0 Å². The molecule has 1 nitrogen and oxygen atoms in total. The molecule has 82 valence electrons. The molecule has 0 amide bonds. The summed E-state index contributed by atoms with van der Waals surface area (Å²) >= 11 is 11.8. The van der Waals surface area contributed by atoms with Gasteiger partial charge in [-0.3, -0.25) is 0 Å². The minimum absolute atomic E-state index is 0.280. The summed E-state index contributed by atoms with van der Waals surface area (Å²) in [6, 6.07) is 6.09. The van der Waals surface area contributed by atoms with Gasteiger partial charge >= 0.3 is 0 Å². The normalized spacial score (nSPS) is 22.5. The van der Waals surface area contributed by atoms with Gasteiger partial charge in [-0.1, -0.05) is 6.07 Å². The lowest BCUT2D eigenvalue weighted by atomic mass is 10.1. The van der Waals surface area contributed by atoms with Crippen molar-refractivity contribution >= 4 is 23.2 Å². The largest absolute Gasteiger partial charge is 0.493 e. The molecule has 2 rings (SSSR count). The Morgan fingerprint density at radius 1 is 1.33 bits per heavy atom. The van der Waals surface area contributed by atoms with Gasteiger partial charge in [0.25, 0.3) is 0 Å². The Morgan fingerprint density at radius 3 is 2.53 bits per heavy atom. The molecule has 0 aromatic heterocycles. The molecular weight excluding hydrogens is 231 g/mol. The number of rotatable bonds is 3. The summed E-state index contributed by atoms with van der Waals surface area (Å²) in [4.78, 5) is 0. The highest BCUT2D eigenvalue weighted by Gasteiger charge is 2.52. The van der Waals surface area contributed by atoms with Crippen molar-refractivity contribution in [1.82, 2.24) is 0 Å². The van der Waals surface area contributed by atoms with E-state index in [4.69, 9.17) is 27.9 Å². The van der Waals surface area contributed by atoms with E-state index in [-0.39, 0.29) is 5.92 Å². The van der Waals surface area contributed by atoms with Crippen LogP contribution in [-0.2, 0) is 0 Å². The van der Waals surface area contributed by atoms with Gasteiger partial charge in [0, 0.05) is 5.92 Å². The van der Waals surface area contributed by atoms with E-state index >= 15 is 0 Å². The first-order valence-corrected chi connectivity index (χ1v) is 5.82. The zero-order chi connectivity index (χ0) is 11.1. The van der Waals surface area contributed by atoms with Crippen molar-refractivity contribution < 1.29 is 4.74 Å². The van der Waals surface area contributed by atoms with Crippen LogP contribution in [0.1, 0.15) is 17.5 Å². The van der Waals surface area contributed by atoms with Gasteiger partial charge in [-0.2, -0.15) is 0 Å². The molecule has 0 N–H and O–H groups in total. The van der Waals surface area contributed by atoms with E-state index in [1.54, 1.807) is 0 Å². The topological polar surface area (TPSA) is 9.23 Å². The van der Waals surface area contributed by atoms with E-state index < -0.39 is 4.33 Å². The lowest BCUT2D eigenvalue weighted by Gasteiger charge is -2.08. The average molecular weight is 245 g/mol. The van der Waals surface area contributed by atoms with Gasteiger partial charge in [-0.25, -0.2) is 0 Å². The molecule has 1 atom stereocenters. The Bertz CT molecular complexity index is 374. The third kappa shape index (κ3) is 2.59. The number of halogens is 2. The van der Waals surface area contributed by atoms with Crippen LogP contribution < -0.4 is 4.74 Å². The molecule has 0 bridgehead atoms. The van der Waals surface area contributed by atoms with Gasteiger partial charge in [-0.05, 0) is 43.5 Å². The molecule has 1 aliphatic carbocycles.